The van der Waals surface area contributed by atoms with Crippen LogP contribution in [0.1, 0.15) is 81.8 Å². The number of alkyl halides is 3. The number of aromatic nitrogens is 2. The molecule has 8 heteroatoms. The number of anilines is 4. The first-order chi connectivity index (χ1) is 17.9. The first-order valence-corrected chi connectivity index (χ1v) is 13.2. The molecule has 5 nitrogen and oxygen atoms in total. The van der Waals surface area contributed by atoms with Gasteiger partial charge in [0.1, 0.15) is 17.1 Å². The molecule has 0 aliphatic heterocycles. The highest BCUT2D eigenvalue weighted by molar-refractivity contribution is 5.66. The van der Waals surface area contributed by atoms with Gasteiger partial charge in [-0.1, -0.05) is 63.6 Å². The van der Waals surface area contributed by atoms with Crippen molar-refractivity contribution < 1.29 is 17.9 Å². The summed E-state index contributed by atoms with van der Waals surface area (Å²) in [6.07, 6.45) is 6.32. The van der Waals surface area contributed by atoms with Gasteiger partial charge in [0.05, 0.1) is 6.61 Å². The Morgan fingerprint density at radius 3 is 2.41 bits per heavy atom. The number of para-hydroxylation sites is 1. The second kappa shape index (κ2) is 12.8. The summed E-state index contributed by atoms with van der Waals surface area (Å²) in [4.78, 5) is 8.17. The summed E-state index contributed by atoms with van der Waals surface area (Å²) in [7, 11) is 0. The number of benzene rings is 2. The van der Waals surface area contributed by atoms with Crippen LogP contribution in [0.4, 0.5) is 36.3 Å². The molecule has 0 unspecified atom stereocenters. The normalized spacial score (nSPS) is 14.4. The summed E-state index contributed by atoms with van der Waals surface area (Å²) < 4.78 is 47.2. The maximum Gasteiger partial charge on any atom is 0.421 e. The molecular formula is C29H35F3N4O. The van der Waals surface area contributed by atoms with Crippen molar-refractivity contribution in [2.45, 2.75) is 76.8 Å². The van der Waals surface area contributed by atoms with Crippen molar-refractivity contribution in [1.82, 2.24) is 9.97 Å². The Morgan fingerprint density at radius 2 is 1.68 bits per heavy atom. The van der Waals surface area contributed by atoms with Gasteiger partial charge in [0.25, 0.3) is 0 Å². The van der Waals surface area contributed by atoms with E-state index in [9.17, 15) is 13.2 Å². The van der Waals surface area contributed by atoms with Gasteiger partial charge in [0, 0.05) is 17.6 Å². The fourth-order valence-corrected chi connectivity index (χ4v) is 4.74. The van der Waals surface area contributed by atoms with Crippen molar-refractivity contribution in [2.24, 2.45) is 0 Å². The molecule has 1 aromatic heterocycles. The van der Waals surface area contributed by atoms with Gasteiger partial charge in [-0.2, -0.15) is 18.2 Å². The van der Waals surface area contributed by atoms with Gasteiger partial charge in [-0.3, -0.25) is 0 Å². The Labute approximate surface area is 216 Å². The van der Waals surface area contributed by atoms with Crippen LogP contribution in [0.5, 0.6) is 5.75 Å². The third kappa shape index (κ3) is 7.60. The summed E-state index contributed by atoms with van der Waals surface area (Å²) in [5.41, 5.74) is 1.45. The number of nitrogens with one attached hydrogen (secondary N) is 2. The fourth-order valence-electron chi connectivity index (χ4n) is 4.74. The van der Waals surface area contributed by atoms with Crippen molar-refractivity contribution in [3.8, 4) is 5.75 Å². The second-order valence-corrected chi connectivity index (χ2v) is 9.56. The van der Waals surface area contributed by atoms with Crippen molar-refractivity contribution in [2.75, 3.05) is 17.2 Å². The van der Waals surface area contributed by atoms with Crippen LogP contribution in [0, 0.1) is 0 Å². The topological polar surface area (TPSA) is 59.1 Å². The average molecular weight is 513 g/mol. The number of hydrogen-bond donors (Lipinski definition) is 2. The maximum atomic E-state index is 13.8. The molecule has 0 spiro atoms. The zero-order valence-corrected chi connectivity index (χ0v) is 21.3. The van der Waals surface area contributed by atoms with E-state index < -0.39 is 11.7 Å². The molecule has 1 heterocycles. The number of halogens is 3. The molecule has 2 N–H and O–H groups in total. The molecular weight excluding hydrogens is 477 g/mol. The lowest BCUT2D eigenvalue weighted by atomic mass is 9.83. The monoisotopic (exact) mass is 512 g/mol. The van der Waals surface area contributed by atoms with Crippen molar-refractivity contribution in [1.29, 1.82) is 0 Å². The molecule has 2 aromatic carbocycles. The summed E-state index contributed by atoms with van der Waals surface area (Å²) in [5, 5.41) is 6.00. The minimum Gasteiger partial charge on any atom is -0.494 e. The lowest BCUT2D eigenvalue weighted by Gasteiger charge is -2.25. The standard InChI is InChI=1S/C29H35F3N4O/c1-2-3-4-10-19-37-23-17-15-22(16-18-23)34-28-33-20-25(29(30,31)32)27(36-28)35-26-14-9-8-13-24(26)21-11-6-5-7-12-21/h8-9,13-18,20-21H,2-7,10-12,19H2,1H3,(H2,33,34,35,36). The average Bonchev–Trinajstić information content (AvgIpc) is 2.90. The summed E-state index contributed by atoms with van der Waals surface area (Å²) in [6.45, 7) is 2.83. The molecule has 37 heavy (non-hydrogen) atoms. The van der Waals surface area contributed by atoms with E-state index in [4.69, 9.17) is 4.74 Å². The van der Waals surface area contributed by atoms with Crippen LogP contribution in [0.15, 0.2) is 54.7 Å². The Morgan fingerprint density at radius 1 is 0.919 bits per heavy atom. The van der Waals surface area contributed by atoms with Crippen LogP contribution >= 0.6 is 0 Å². The van der Waals surface area contributed by atoms with E-state index in [-0.39, 0.29) is 11.8 Å². The molecule has 0 bridgehead atoms. The third-order valence-corrected chi connectivity index (χ3v) is 6.73. The molecule has 0 saturated heterocycles. The third-order valence-electron chi connectivity index (χ3n) is 6.73. The number of unbranched alkanes of at least 4 members (excludes halogenated alkanes) is 3. The van der Waals surface area contributed by atoms with Crippen LogP contribution < -0.4 is 15.4 Å². The summed E-state index contributed by atoms with van der Waals surface area (Å²) >= 11 is 0. The zero-order chi connectivity index (χ0) is 26.1. The number of hydrogen-bond acceptors (Lipinski definition) is 5. The first-order valence-electron chi connectivity index (χ1n) is 13.2. The molecule has 3 aromatic rings. The van der Waals surface area contributed by atoms with E-state index in [1.165, 1.54) is 19.3 Å². The molecule has 0 atom stereocenters. The quantitative estimate of drug-likeness (QED) is 0.251. The van der Waals surface area contributed by atoms with E-state index in [0.29, 0.717) is 23.9 Å². The second-order valence-electron chi connectivity index (χ2n) is 9.56. The number of nitrogens with zero attached hydrogens (tertiary/aromatic N) is 2. The van der Waals surface area contributed by atoms with Crippen LogP contribution in [0.25, 0.3) is 0 Å². The van der Waals surface area contributed by atoms with Gasteiger partial charge in [-0.05, 0) is 61.1 Å². The Balaban J connectivity index is 1.50. The first kappa shape index (κ1) is 26.8. The van der Waals surface area contributed by atoms with E-state index in [1.807, 2.05) is 36.4 Å². The zero-order valence-electron chi connectivity index (χ0n) is 21.3. The van der Waals surface area contributed by atoms with Crippen LogP contribution in [-0.4, -0.2) is 16.6 Å². The van der Waals surface area contributed by atoms with Gasteiger partial charge >= 0.3 is 6.18 Å². The van der Waals surface area contributed by atoms with Crippen LogP contribution in [0.2, 0.25) is 0 Å². The Kier molecular flexibility index (Phi) is 9.25. The van der Waals surface area contributed by atoms with Crippen molar-refractivity contribution >= 4 is 23.1 Å². The highest BCUT2D eigenvalue weighted by Gasteiger charge is 2.35. The molecule has 1 aliphatic carbocycles. The minimum absolute atomic E-state index is 0.0823. The predicted octanol–water partition coefficient (Wildman–Crippen LogP) is 8.99. The molecule has 198 valence electrons. The van der Waals surface area contributed by atoms with E-state index in [0.717, 1.165) is 56.0 Å². The largest absolute Gasteiger partial charge is 0.494 e. The highest BCUT2D eigenvalue weighted by atomic mass is 19.4. The van der Waals surface area contributed by atoms with Gasteiger partial charge in [0.2, 0.25) is 5.95 Å². The number of ether oxygens (including phenoxy) is 1. The lowest BCUT2D eigenvalue weighted by Crippen LogP contribution is -2.14. The molecule has 1 fully saturated rings. The highest BCUT2D eigenvalue weighted by Crippen LogP contribution is 2.40. The Bertz CT molecular complexity index is 1130. The van der Waals surface area contributed by atoms with Gasteiger partial charge in [0.15, 0.2) is 0 Å². The van der Waals surface area contributed by atoms with E-state index >= 15 is 0 Å². The van der Waals surface area contributed by atoms with Crippen molar-refractivity contribution in [3.05, 3.63) is 65.9 Å². The molecule has 0 radical (unpaired) electrons. The molecule has 1 saturated carbocycles. The summed E-state index contributed by atoms with van der Waals surface area (Å²) in [6, 6.07) is 14.8. The SMILES string of the molecule is CCCCCCOc1ccc(Nc2ncc(C(F)(F)F)c(Nc3ccccc3C3CCCCC3)n2)cc1. The minimum atomic E-state index is -4.59. The number of rotatable bonds is 11. The van der Waals surface area contributed by atoms with E-state index in [2.05, 4.69) is 27.5 Å². The summed E-state index contributed by atoms with van der Waals surface area (Å²) in [5.74, 6) is 0.898. The predicted molar refractivity (Wildman–Crippen MR) is 142 cm³/mol. The van der Waals surface area contributed by atoms with Gasteiger partial charge in [-0.15, -0.1) is 0 Å². The lowest BCUT2D eigenvalue weighted by molar-refractivity contribution is -0.137. The Hall–Kier alpha value is -3.29. The molecule has 1 aliphatic rings. The van der Waals surface area contributed by atoms with Gasteiger partial charge in [-0.25, -0.2) is 4.98 Å². The molecule has 4 rings (SSSR count). The van der Waals surface area contributed by atoms with Crippen LogP contribution in [-0.2, 0) is 6.18 Å². The fraction of sp³-hybridized carbons (Fsp3) is 0.448. The maximum absolute atomic E-state index is 13.8. The smallest absolute Gasteiger partial charge is 0.421 e. The molecule has 0 amide bonds. The van der Waals surface area contributed by atoms with Gasteiger partial charge < -0.3 is 15.4 Å². The van der Waals surface area contributed by atoms with E-state index in [1.54, 1.807) is 12.1 Å². The van der Waals surface area contributed by atoms with Crippen molar-refractivity contribution in [3.63, 3.8) is 0 Å². The van der Waals surface area contributed by atoms with Crippen LogP contribution in [0.3, 0.4) is 0 Å².